The SMILES string of the molecule is CCCCOc1ccc(NC(=O)ON=Cc2ccc([N+](=O)[O-])cc2)cc1. The molecular weight excluding hydrogens is 338 g/mol. The van der Waals surface area contributed by atoms with Crippen LogP contribution in [-0.4, -0.2) is 23.8 Å². The molecule has 136 valence electrons. The Morgan fingerprint density at radius 1 is 1.19 bits per heavy atom. The van der Waals surface area contributed by atoms with E-state index in [1.807, 2.05) is 0 Å². The average Bonchev–Trinajstić information content (AvgIpc) is 2.64. The van der Waals surface area contributed by atoms with E-state index in [0.717, 1.165) is 18.6 Å². The van der Waals surface area contributed by atoms with Gasteiger partial charge in [-0.25, -0.2) is 4.79 Å². The smallest absolute Gasteiger partial charge is 0.437 e. The van der Waals surface area contributed by atoms with Gasteiger partial charge in [0.15, 0.2) is 0 Å². The molecule has 0 aliphatic rings. The summed E-state index contributed by atoms with van der Waals surface area (Å²) >= 11 is 0. The number of carbonyl (C=O) groups is 1. The van der Waals surface area contributed by atoms with Crippen molar-refractivity contribution < 1.29 is 19.3 Å². The molecule has 1 amide bonds. The Kier molecular flexibility index (Phi) is 7.11. The van der Waals surface area contributed by atoms with Gasteiger partial charge in [0.1, 0.15) is 5.75 Å². The zero-order valence-electron chi connectivity index (χ0n) is 14.3. The van der Waals surface area contributed by atoms with Gasteiger partial charge >= 0.3 is 6.09 Å². The fraction of sp³-hybridized carbons (Fsp3) is 0.222. The first-order valence-corrected chi connectivity index (χ1v) is 8.07. The van der Waals surface area contributed by atoms with Gasteiger partial charge in [-0.15, -0.1) is 0 Å². The highest BCUT2D eigenvalue weighted by molar-refractivity contribution is 5.86. The number of nitro groups is 1. The summed E-state index contributed by atoms with van der Waals surface area (Å²) in [5.74, 6) is 0.730. The molecule has 0 aliphatic carbocycles. The molecule has 0 unspecified atom stereocenters. The maximum atomic E-state index is 11.7. The Balaban J connectivity index is 1.79. The van der Waals surface area contributed by atoms with Crippen molar-refractivity contribution in [2.45, 2.75) is 19.8 Å². The molecule has 0 bridgehead atoms. The molecule has 2 rings (SSSR count). The molecule has 1 N–H and O–H groups in total. The van der Waals surface area contributed by atoms with E-state index >= 15 is 0 Å². The zero-order chi connectivity index (χ0) is 18.8. The van der Waals surface area contributed by atoms with Crippen molar-refractivity contribution in [3.05, 3.63) is 64.2 Å². The van der Waals surface area contributed by atoms with E-state index in [2.05, 4.69) is 17.4 Å². The predicted molar refractivity (Wildman–Crippen MR) is 97.6 cm³/mol. The number of ether oxygens (including phenoxy) is 1. The van der Waals surface area contributed by atoms with Crippen molar-refractivity contribution in [3.63, 3.8) is 0 Å². The first-order chi connectivity index (χ1) is 12.6. The van der Waals surface area contributed by atoms with Gasteiger partial charge < -0.3 is 4.74 Å². The van der Waals surface area contributed by atoms with E-state index in [1.165, 1.54) is 30.5 Å². The number of carbonyl (C=O) groups excluding carboxylic acids is 1. The molecular formula is C18H19N3O5. The predicted octanol–water partition coefficient (Wildman–Crippen LogP) is 4.36. The molecule has 0 saturated carbocycles. The number of benzene rings is 2. The van der Waals surface area contributed by atoms with Gasteiger partial charge in [-0.05, 0) is 48.4 Å². The minimum atomic E-state index is -0.747. The van der Waals surface area contributed by atoms with E-state index < -0.39 is 11.0 Å². The van der Waals surface area contributed by atoms with Crippen LogP contribution in [0.2, 0.25) is 0 Å². The average molecular weight is 357 g/mol. The van der Waals surface area contributed by atoms with Crippen molar-refractivity contribution in [1.82, 2.24) is 0 Å². The van der Waals surface area contributed by atoms with Crippen molar-refractivity contribution in [2.75, 3.05) is 11.9 Å². The first kappa shape index (κ1) is 18.9. The second-order valence-corrected chi connectivity index (χ2v) is 5.31. The van der Waals surface area contributed by atoms with Crippen molar-refractivity contribution >= 4 is 23.7 Å². The minimum absolute atomic E-state index is 0.0251. The van der Waals surface area contributed by atoms with Crippen LogP contribution in [0.4, 0.5) is 16.2 Å². The summed E-state index contributed by atoms with van der Waals surface area (Å²) in [6, 6.07) is 12.6. The van der Waals surface area contributed by atoms with Gasteiger partial charge in [0.2, 0.25) is 0 Å². The lowest BCUT2D eigenvalue weighted by atomic mass is 10.2. The number of rotatable bonds is 8. The molecule has 0 saturated heterocycles. The molecule has 0 aromatic heterocycles. The lowest BCUT2D eigenvalue weighted by Crippen LogP contribution is -2.10. The topological polar surface area (TPSA) is 103 Å². The highest BCUT2D eigenvalue weighted by atomic mass is 16.7. The highest BCUT2D eigenvalue weighted by Gasteiger charge is 2.04. The van der Waals surface area contributed by atoms with Crippen LogP contribution in [0, 0.1) is 10.1 Å². The summed E-state index contributed by atoms with van der Waals surface area (Å²) in [4.78, 5) is 26.4. The van der Waals surface area contributed by atoms with E-state index in [-0.39, 0.29) is 5.69 Å². The van der Waals surface area contributed by atoms with Crippen LogP contribution in [0.1, 0.15) is 25.3 Å². The third kappa shape index (κ3) is 6.23. The third-order valence-corrected chi connectivity index (χ3v) is 3.31. The normalized spacial score (nSPS) is 10.5. The van der Waals surface area contributed by atoms with E-state index in [4.69, 9.17) is 9.57 Å². The standard InChI is InChI=1S/C18H19N3O5/c1-2-3-12-25-17-10-6-15(7-11-17)20-18(22)26-19-13-14-4-8-16(9-5-14)21(23)24/h4-11,13H,2-3,12H2,1H3,(H,20,22). The summed E-state index contributed by atoms with van der Waals surface area (Å²) in [5.41, 5.74) is 1.09. The summed E-state index contributed by atoms with van der Waals surface area (Å²) in [5, 5.41) is 16.6. The van der Waals surface area contributed by atoms with Crippen molar-refractivity contribution in [3.8, 4) is 5.75 Å². The molecule has 0 radical (unpaired) electrons. The second kappa shape index (κ2) is 9.77. The number of amides is 1. The van der Waals surface area contributed by atoms with Crippen LogP contribution in [-0.2, 0) is 4.84 Å². The van der Waals surface area contributed by atoms with Gasteiger partial charge in [0, 0.05) is 17.8 Å². The molecule has 0 aliphatic heterocycles. The highest BCUT2D eigenvalue weighted by Crippen LogP contribution is 2.16. The summed E-state index contributed by atoms with van der Waals surface area (Å²) in [6.07, 6.45) is 2.58. The van der Waals surface area contributed by atoms with E-state index in [9.17, 15) is 14.9 Å². The Bertz CT molecular complexity index is 757. The summed E-state index contributed by atoms with van der Waals surface area (Å²) < 4.78 is 5.53. The first-order valence-electron chi connectivity index (χ1n) is 8.07. The lowest BCUT2D eigenvalue weighted by Gasteiger charge is -2.06. The number of nitrogens with one attached hydrogen (secondary N) is 1. The number of unbranched alkanes of at least 4 members (excludes halogenated alkanes) is 1. The number of hydrogen-bond donors (Lipinski definition) is 1. The van der Waals surface area contributed by atoms with Crippen LogP contribution in [0.15, 0.2) is 53.7 Å². The third-order valence-electron chi connectivity index (χ3n) is 3.31. The van der Waals surface area contributed by atoms with Gasteiger partial charge in [-0.2, -0.15) is 0 Å². The molecule has 0 atom stereocenters. The molecule has 0 spiro atoms. The van der Waals surface area contributed by atoms with Crippen LogP contribution in [0.3, 0.4) is 0 Å². The number of anilines is 1. The van der Waals surface area contributed by atoms with Crippen LogP contribution in [0.5, 0.6) is 5.75 Å². The van der Waals surface area contributed by atoms with Gasteiger partial charge in [0.05, 0.1) is 17.7 Å². The molecule has 2 aromatic carbocycles. The summed E-state index contributed by atoms with van der Waals surface area (Å²) in [6.45, 7) is 2.74. The Morgan fingerprint density at radius 3 is 2.50 bits per heavy atom. The van der Waals surface area contributed by atoms with E-state index in [1.54, 1.807) is 24.3 Å². The molecule has 0 fully saturated rings. The van der Waals surface area contributed by atoms with Crippen LogP contribution >= 0.6 is 0 Å². The maximum absolute atomic E-state index is 11.7. The minimum Gasteiger partial charge on any atom is -0.494 e. The summed E-state index contributed by atoms with van der Waals surface area (Å²) in [7, 11) is 0. The van der Waals surface area contributed by atoms with Crippen LogP contribution < -0.4 is 10.1 Å². The second-order valence-electron chi connectivity index (χ2n) is 5.31. The van der Waals surface area contributed by atoms with Crippen molar-refractivity contribution in [1.29, 1.82) is 0 Å². The fourth-order valence-electron chi connectivity index (χ4n) is 1.93. The number of non-ortho nitro benzene ring substituents is 1. The number of nitrogens with zero attached hydrogens (tertiary/aromatic N) is 2. The Hall–Kier alpha value is -3.42. The van der Waals surface area contributed by atoms with Gasteiger partial charge in [-0.3, -0.25) is 20.3 Å². The maximum Gasteiger partial charge on any atom is 0.437 e. The Morgan fingerprint density at radius 2 is 1.88 bits per heavy atom. The number of nitro benzene ring substituents is 1. The Labute approximate surface area is 150 Å². The number of hydrogen-bond acceptors (Lipinski definition) is 6. The van der Waals surface area contributed by atoms with Crippen LogP contribution in [0.25, 0.3) is 0 Å². The monoisotopic (exact) mass is 357 g/mol. The van der Waals surface area contributed by atoms with Crippen molar-refractivity contribution in [2.24, 2.45) is 5.16 Å². The quantitative estimate of drug-likeness (QED) is 0.249. The molecule has 26 heavy (non-hydrogen) atoms. The fourth-order valence-corrected chi connectivity index (χ4v) is 1.93. The molecule has 8 nitrogen and oxygen atoms in total. The van der Waals surface area contributed by atoms with Gasteiger partial charge in [0.25, 0.3) is 5.69 Å². The van der Waals surface area contributed by atoms with E-state index in [0.29, 0.717) is 17.9 Å². The molecule has 0 heterocycles. The number of oxime groups is 1. The molecule has 8 heteroatoms. The lowest BCUT2D eigenvalue weighted by molar-refractivity contribution is -0.384. The van der Waals surface area contributed by atoms with Gasteiger partial charge in [-0.1, -0.05) is 18.5 Å². The zero-order valence-corrected chi connectivity index (χ0v) is 14.3. The molecule has 2 aromatic rings. The largest absolute Gasteiger partial charge is 0.494 e.